The molecule has 0 fully saturated rings. The van der Waals surface area contributed by atoms with Crippen molar-refractivity contribution < 1.29 is 32.7 Å². The third-order valence-electron chi connectivity index (χ3n) is 5.11. The van der Waals surface area contributed by atoms with Crippen molar-refractivity contribution in [2.45, 2.75) is 0 Å². The average molecular weight is 514 g/mol. The predicted molar refractivity (Wildman–Crippen MR) is 138 cm³/mol. The van der Waals surface area contributed by atoms with Gasteiger partial charge in [-0.25, -0.2) is 25.2 Å². The van der Waals surface area contributed by atoms with Crippen LogP contribution in [0.2, 0.25) is 0 Å². The molecule has 0 bridgehead atoms. The normalized spacial score (nSPS) is 11.0. The van der Waals surface area contributed by atoms with Crippen LogP contribution in [0, 0.1) is 0 Å². The fraction of sp³-hybridized carbons (Fsp3) is 0.0741. The van der Waals surface area contributed by atoms with Gasteiger partial charge in [-0.05, 0) is 48.5 Å². The summed E-state index contributed by atoms with van der Waals surface area (Å²) in [6, 6.07) is 19.7. The largest absolute Gasteiger partial charge is 0.465 e. The van der Waals surface area contributed by atoms with E-state index in [2.05, 4.69) is 21.1 Å². The number of benzene rings is 2. The number of methoxy groups -OCH3 is 2. The summed E-state index contributed by atoms with van der Waals surface area (Å²) in [4.78, 5) is 35.4. The number of carbonyl (C=O) groups is 3. The van der Waals surface area contributed by atoms with E-state index in [0.29, 0.717) is 45.3 Å². The molecule has 2 amide bonds. The van der Waals surface area contributed by atoms with Gasteiger partial charge in [0.25, 0.3) is 0 Å². The maximum Gasteiger partial charge on any atom is 0.355 e. The lowest BCUT2D eigenvalue weighted by Crippen LogP contribution is -2.28. The Morgan fingerprint density at radius 3 is 1.55 bits per heavy atom. The minimum absolute atomic E-state index is 0.381. The third-order valence-corrected chi connectivity index (χ3v) is 5.11. The summed E-state index contributed by atoms with van der Waals surface area (Å²) in [6.07, 6.45) is 2.64. The summed E-state index contributed by atoms with van der Waals surface area (Å²) in [5, 5.41) is 7.63. The molecule has 0 aliphatic rings. The highest BCUT2D eigenvalue weighted by molar-refractivity contribution is 5.91. The van der Waals surface area contributed by atoms with Gasteiger partial charge < -0.3 is 18.3 Å². The average Bonchev–Trinajstić information content (AvgIpc) is 3.62. The first kappa shape index (κ1) is 25.6. The van der Waals surface area contributed by atoms with Gasteiger partial charge >= 0.3 is 18.0 Å². The van der Waals surface area contributed by atoms with Crippen LogP contribution in [0.3, 0.4) is 0 Å². The van der Waals surface area contributed by atoms with Crippen LogP contribution in [0.15, 0.2) is 91.8 Å². The second-order valence-electron chi connectivity index (χ2n) is 7.62. The van der Waals surface area contributed by atoms with Gasteiger partial charge in [0.2, 0.25) is 0 Å². The van der Waals surface area contributed by atoms with E-state index in [4.69, 9.17) is 18.3 Å². The minimum Gasteiger partial charge on any atom is -0.465 e. The lowest BCUT2D eigenvalue weighted by Gasteiger charge is -2.01. The van der Waals surface area contributed by atoms with Gasteiger partial charge in [-0.3, -0.25) is 0 Å². The van der Waals surface area contributed by atoms with E-state index in [1.165, 1.54) is 26.6 Å². The maximum absolute atomic E-state index is 11.9. The predicted octanol–water partition coefficient (Wildman–Crippen LogP) is 4.45. The fourth-order valence-electron chi connectivity index (χ4n) is 3.32. The van der Waals surface area contributed by atoms with Crippen molar-refractivity contribution in [1.82, 2.24) is 10.9 Å². The molecule has 0 saturated heterocycles. The Balaban J connectivity index is 1.29. The highest BCUT2D eigenvalue weighted by Gasteiger charge is 2.10. The van der Waals surface area contributed by atoms with Gasteiger partial charge in [-0.15, -0.1) is 0 Å². The molecule has 0 aliphatic heterocycles. The number of rotatable bonds is 8. The molecule has 11 heteroatoms. The van der Waals surface area contributed by atoms with E-state index >= 15 is 0 Å². The number of nitrogens with one attached hydrogen (secondary N) is 2. The van der Waals surface area contributed by atoms with Gasteiger partial charge in [0, 0.05) is 11.1 Å². The van der Waals surface area contributed by atoms with Gasteiger partial charge in [-0.2, -0.15) is 10.2 Å². The quantitative estimate of drug-likeness (QED) is 0.201. The lowest BCUT2D eigenvalue weighted by molar-refractivity contribution is 0.0592. The Hall–Kier alpha value is -5.45. The molecule has 4 rings (SSSR count). The van der Waals surface area contributed by atoms with E-state index in [-0.39, 0.29) is 0 Å². The van der Waals surface area contributed by atoms with Crippen LogP contribution in [-0.4, -0.2) is 44.6 Å². The Kier molecular flexibility index (Phi) is 8.09. The molecule has 11 nitrogen and oxygen atoms in total. The Bertz CT molecular complexity index is 1410. The lowest BCUT2D eigenvalue weighted by atomic mass is 10.1. The third kappa shape index (κ3) is 6.40. The number of nitrogens with zero attached hydrogens (tertiary/aromatic N) is 2. The van der Waals surface area contributed by atoms with Crippen LogP contribution in [-0.2, 0) is 9.47 Å². The van der Waals surface area contributed by atoms with E-state index in [9.17, 15) is 14.4 Å². The van der Waals surface area contributed by atoms with Crippen molar-refractivity contribution in [2.24, 2.45) is 10.2 Å². The number of hydrogen-bond acceptors (Lipinski definition) is 9. The first-order valence-corrected chi connectivity index (χ1v) is 11.2. The Labute approximate surface area is 216 Å². The molecule has 0 spiro atoms. The number of carbonyl (C=O) groups excluding carboxylic acids is 3. The zero-order valence-corrected chi connectivity index (χ0v) is 20.3. The Morgan fingerprint density at radius 2 is 1.13 bits per heavy atom. The van der Waals surface area contributed by atoms with Crippen molar-refractivity contribution in [2.75, 3.05) is 14.2 Å². The molecule has 2 aromatic heterocycles. The second-order valence-corrected chi connectivity index (χ2v) is 7.62. The van der Waals surface area contributed by atoms with Crippen molar-refractivity contribution in [3.63, 3.8) is 0 Å². The zero-order chi connectivity index (χ0) is 26.9. The molecule has 4 aromatic rings. The van der Waals surface area contributed by atoms with Crippen molar-refractivity contribution in [3.8, 4) is 22.6 Å². The molecule has 0 unspecified atom stereocenters. The fourth-order valence-corrected chi connectivity index (χ4v) is 3.32. The first-order valence-electron chi connectivity index (χ1n) is 11.2. The Morgan fingerprint density at radius 1 is 0.684 bits per heavy atom. The SMILES string of the molecule is COC(=O)c1cccc(-c2ccc(C=NNC(=O)NN=Cc3ccc(-c4cccc(C(=O)OC)c4)o3)o2)c1. The first-order chi connectivity index (χ1) is 18.5. The van der Waals surface area contributed by atoms with Crippen LogP contribution in [0.25, 0.3) is 22.6 Å². The molecule has 2 N–H and O–H groups in total. The van der Waals surface area contributed by atoms with Gasteiger partial charge in [-0.1, -0.05) is 24.3 Å². The van der Waals surface area contributed by atoms with E-state index in [0.717, 1.165) is 0 Å². The summed E-state index contributed by atoms with van der Waals surface area (Å²) in [6.45, 7) is 0. The van der Waals surface area contributed by atoms with Gasteiger partial charge in [0.1, 0.15) is 23.0 Å². The molecular formula is C27H22N4O7. The summed E-state index contributed by atoms with van der Waals surface area (Å²) in [7, 11) is 2.63. The molecule has 2 aromatic carbocycles. The number of urea groups is 1. The smallest absolute Gasteiger partial charge is 0.355 e. The standard InChI is InChI=1S/C27H22N4O7/c1-35-25(32)19-7-3-5-17(13-19)23-11-9-21(37-23)15-28-30-27(34)31-29-16-22-10-12-24(38-22)18-6-4-8-20(14-18)26(33)36-2/h3-16H,1-2H3,(H2,30,31,34). The summed E-state index contributed by atoms with van der Waals surface area (Å²) < 4.78 is 20.8. The van der Waals surface area contributed by atoms with Gasteiger partial charge in [0.05, 0.1) is 37.8 Å². The number of hydrazone groups is 2. The van der Waals surface area contributed by atoms with Crippen molar-refractivity contribution in [3.05, 3.63) is 95.4 Å². The number of esters is 2. The molecule has 0 aliphatic carbocycles. The van der Waals surface area contributed by atoms with E-state index in [1.54, 1.807) is 72.8 Å². The minimum atomic E-state index is -0.687. The highest BCUT2D eigenvalue weighted by atomic mass is 16.5. The highest BCUT2D eigenvalue weighted by Crippen LogP contribution is 2.24. The zero-order valence-electron chi connectivity index (χ0n) is 20.3. The van der Waals surface area contributed by atoms with E-state index in [1.807, 2.05) is 0 Å². The van der Waals surface area contributed by atoms with Gasteiger partial charge in [0.15, 0.2) is 0 Å². The van der Waals surface area contributed by atoms with Crippen LogP contribution in [0.5, 0.6) is 0 Å². The van der Waals surface area contributed by atoms with E-state index < -0.39 is 18.0 Å². The number of hydrogen-bond donors (Lipinski definition) is 2. The second kappa shape index (κ2) is 12.0. The molecule has 192 valence electrons. The topological polar surface area (TPSA) is 145 Å². The van der Waals surface area contributed by atoms with Crippen molar-refractivity contribution in [1.29, 1.82) is 0 Å². The number of furan rings is 2. The molecule has 0 radical (unpaired) electrons. The van der Waals surface area contributed by atoms with Crippen molar-refractivity contribution >= 4 is 30.4 Å². The molecule has 38 heavy (non-hydrogen) atoms. The monoisotopic (exact) mass is 514 g/mol. The summed E-state index contributed by atoms with van der Waals surface area (Å²) in [5.41, 5.74) is 6.69. The number of ether oxygens (including phenoxy) is 2. The van der Waals surface area contributed by atoms with Crippen LogP contribution >= 0.6 is 0 Å². The molecule has 0 atom stereocenters. The van der Waals surface area contributed by atoms with Crippen LogP contribution in [0.4, 0.5) is 4.79 Å². The summed E-state index contributed by atoms with van der Waals surface area (Å²) in [5.74, 6) is 0.896. The van der Waals surface area contributed by atoms with Crippen LogP contribution < -0.4 is 10.9 Å². The summed E-state index contributed by atoms with van der Waals surface area (Å²) >= 11 is 0. The van der Waals surface area contributed by atoms with Crippen LogP contribution in [0.1, 0.15) is 32.2 Å². The molecular weight excluding hydrogens is 492 g/mol. The molecule has 0 saturated carbocycles. The maximum atomic E-state index is 11.9. The molecule has 2 heterocycles. The number of amides is 2.